The molecule has 0 aliphatic carbocycles. The molecule has 0 fully saturated rings. The van der Waals surface area contributed by atoms with Crippen LogP contribution >= 0.6 is 0 Å². The maximum atomic E-state index is 8.25. The SMILES string of the molecule is C=CC=CCC(O)O. The number of aliphatic hydroxyl groups excluding tert-OH is 1. The van der Waals surface area contributed by atoms with Gasteiger partial charge in [-0.25, -0.2) is 0 Å². The van der Waals surface area contributed by atoms with Crippen molar-refractivity contribution < 1.29 is 10.2 Å². The van der Waals surface area contributed by atoms with E-state index in [-0.39, 0.29) is 6.42 Å². The lowest BCUT2D eigenvalue weighted by Gasteiger charge is -1.93. The van der Waals surface area contributed by atoms with Crippen LogP contribution in [0.1, 0.15) is 6.42 Å². The van der Waals surface area contributed by atoms with E-state index in [0.29, 0.717) is 0 Å². The molecular weight excluding hydrogens is 104 g/mol. The van der Waals surface area contributed by atoms with Crippen molar-refractivity contribution in [2.24, 2.45) is 0 Å². The molecule has 0 spiro atoms. The van der Waals surface area contributed by atoms with Crippen LogP contribution in [0.25, 0.3) is 0 Å². The van der Waals surface area contributed by atoms with Crippen LogP contribution in [0.3, 0.4) is 0 Å². The van der Waals surface area contributed by atoms with E-state index >= 15 is 0 Å². The molecule has 0 radical (unpaired) electrons. The van der Waals surface area contributed by atoms with E-state index in [4.69, 9.17) is 10.2 Å². The fraction of sp³-hybridized carbons (Fsp3) is 0.333. The Kier molecular flexibility index (Phi) is 4.21. The Morgan fingerprint density at radius 1 is 1.50 bits per heavy atom. The molecule has 0 unspecified atom stereocenters. The summed E-state index contributed by atoms with van der Waals surface area (Å²) in [5.74, 6) is 0. The Labute approximate surface area is 48.8 Å². The third-order valence-corrected chi connectivity index (χ3v) is 0.619. The molecule has 0 saturated heterocycles. The Hall–Kier alpha value is -0.600. The first-order valence-corrected chi connectivity index (χ1v) is 2.41. The van der Waals surface area contributed by atoms with E-state index in [1.54, 1.807) is 18.2 Å². The average molecular weight is 114 g/mol. The molecule has 2 heteroatoms. The van der Waals surface area contributed by atoms with Gasteiger partial charge in [0.05, 0.1) is 0 Å². The van der Waals surface area contributed by atoms with Crippen molar-refractivity contribution in [2.75, 3.05) is 0 Å². The maximum absolute atomic E-state index is 8.25. The summed E-state index contributed by atoms with van der Waals surface area (Å²) in [5.41, 5.74) is 0. The highest BCUT2D eigenvalue weighted by Gasteiger charge is 1.87. The molecule has 0 bridgehead atoms. The zero-order valence-electron chi connectivity index (χ0n) is 4.62. The minimum Gasteiger partial charge on any atom is -0.368 e. The van der Waals surface area contributed by atoms with Crippen LogP contribution in [0.5, 0.6) is 0 Å². The Balaban J connectivity index is 3.15. The molecule has 46 valence electrons. The molecule has 0 rings (SSSR count). The fourth-order valence-electron chi connectivity index (χ4n) is 0.297. The first kappa shape index (κ1) is 7.40. The van der Waals surface area contributed by atoms with Gasteiger partial charge in [-0.1, -0.05) is 24.8 Å². The molecule has 2 nitrogen and oxygen atoms in total. The van der Waals surface area contributed by atoms with E-state index in [1.807, 2.05) is 0 Å². The van der Waals surface area contributed by atoms with E-state index in [9.17, 15) is 0 Å². The second kappa shape index (κ2) is 4.56. The summed E-state index contributed by atoms with van der Waals surface area (Å²) in [5, 5.41) is 16.5. The summed E-state index contributed by atoms with van der Waals surface area (Å²) in [7, 11) is 0. The Bertz CT molecular complexity index is 84.5. The molecule has 0 heterocycles. The summed E-state index contributed by atoms with van der Waals surface area (Å²) >= 11 is 0. The van der Waals surface area contributed by atoms with Crippen molar-refractivity contribution in [1.29, 1.82) is 0 Å². The molecule has 8 heavy (non-hydrogen) atoms. The second-order valence-electron chi connectivity index (χ2n) is 1.38. The summed E-state index contributed by atoms with van der Waals surface area (Å²) in [4.78, 5) is 0. The van der Waals surface area contributed by atoms with Crippen LogP contribution in [0.2, 0.25) is 0 Å². The van der Waals surface area contributed by atoms with Crippen molar-refractivity contribution in [2.45, 2.75) is 12.7 Å². The zero-order valence-corrected chi connectivity index (χ0v) is 4.62. The topological polar surface area (TPSA) is 40.5 Å². The van der Waals surface area contributed by atoms with Crippen molar-refractivity contribution in [3.05, 3.63) is 24.8 Å². The van der Waals surface area contributed by atoms with Gasteiger partial charge in [0, 0.05) is 6.42 Å². The summed E-state index contributed by atoms with van der Waals surface area (Å²) in [6.45, 7) is 3.41. The van der Waals surface area contributed by atoms with Crippen molar-refractivity contribution in [1.82, 2.24) is 0 Å². The number of hydrogen-bond acceptors (Lipinski definition) is 2. The zero-order chi connectivity index (χ0) is 6.41. The van der Waals surface area contributed by atoms with E-state index in [0.717, 1.165) is 0 Å². The highest BCUT2D eigenvalue weighted by atomic mass is 16.5. The molecule has 0 amide bonds. The highest BCUT2D eigenvalue weighted by Crippen LogP contribution is 1.86. The van der Waals surface area contributed by atoms with Gasteiger partial charge in [-0.05, 0) is 0 Å². The van der Waals surface area contributed by atoms with Gasteiger partial charge < -0.3 is 10.2 Å². The van der Waals surface area contributed by atoms with Gasteiger partial charge in [0.1, 0.15) is 0 Å². The van der Waals surface area contributed by atoms with Gasteiger partial charge in [0.25, 0.3) is 0 Å². The lowest BCUT2D eigenvalue weighted by atomic mass is 10.4. The average Bonchev–Trinajstić information content (AvgIpc) is 1.66. The third kappa shape index (κ3) is 5.40. The number of rotatable bonds is 3. The van der Waals surface area contributed by atoms with Gasteiger partial charge in [0.15, 0.2) is 6.29 Å². The lowest BCUT2D eigenvalue weighted by Crippen LogP contribution is -2.00. The molecule has 0 aromatic heterocycles. The molecule has 0 aromatic rings. The molecule has 0 aliphatic heterocycles. The number of aliphatic hydroxyl groups is 2. The lowest BCUT2D eigenvalue weighted by molar-refractivity contribution is -0.0360. The largest absolute Gasteiger partial charge is 0.368 e. The van der Waals surface area contributed by atoms with Crippen LogP contribution in [0.15, 0.2) is 24.8 Å². The molecule has 0 saturated carbocycles. The molecule has 2 N–H and O–H groups in total. The van der Waals surface area contributed by atoms with Crippen molar-refractivity contribution >= 4 is 0 Å². The summed E-state index contributed by atoms with van der Waals surface area (Å²) < 4.78 is 0. The minimum absolute atomic E-state index is 0.270. The van der Waals surface area contributed by atoms with Gasteiger partial charge >= 0.3 is 0 Å². The Morgan fingerprint density at radius 3 is 2.50 bits per heavy atom. The van der Waals surface area contributed by atoms with Crippen LogP contribution in [-0.4, -0.2) is 16.5 Å². The van der Waals surface area contributed by atoms with Gasteiger partial charge in [-0.3, -0.25) is 0 Å². The fourth-order valence-corrected chi connectivity index (χ4v) is 0.297. The summed E-state index contributed by atoms with van der Waals surface area (Å²) in [6.07, 6.45) is 3.93. The van der Waals surface area contributed by atoms with Crippen LogP contribution in [0.4, 0.5) is 0 Å². The molecular formula is C6H10O2. The first-order valence-electron chi connectivity index (χ1n) is 2.41. The molecule has 0 aromatic carbocycles. The van der Waals surface area contributed by atoms with E-state index < -0.39 is 6.29 Å². The van der Waals surface area contributed by atoms with Crippen LogP contribution in [-0.2, 0) is 0 Å². The molecule has 0 aliphatic rings. The maximum Gasteiger partial charge on any atom is 0.154 e. The van der Waals surface area contributed by atoms with E-state index in [1.165, 1.54) is 0 Å². The third-order valence-electron chi connectivity index (χ3n) is 0.619. The Morgan fingerprint density at radius 2 is 2.12 bits per heavy atom. The number of allylic oxidation sites excluding steroid dienone is 2. The first-order chi connectivity index (χ1) is 3.77. The number of hydrogen-bond donors (Lipinski definition) is 2. The molecule has 0 atom stereocenters. The van der Waals surface area contributed by atoms with Crippen LogP contribution < -0.4 is 0 Å². The van der Waals surface area contributed by atoms with Crippen LogP contribution in [0, 0.1) is 0 Å². The quantitative estimate of drug-likeness (QED) is 0.412. The minimum atomic E-state index is -1.23. The van der Waals surface area contributed by atoms with Gasteiger partial charge in [-0.15, -0.1) is 0 Å². The second-order valence-corrected chi connectivity index (χ2v) is 1.38. The normalized spacial score (nSPS) is 10.9. The van der Waals surface area contributed by atoms with Crippen molar-refractivity contribution in [3.8, 4) is 0 Å². The van der Waals surface area contributed by atoms with Gasteiger partial charge in [0.2, 0.25) is 0 Å². The smallest absolute Gasteiger partial charge is 0.154 e. The standard InChI is InChI=1S/C6H10O2/c1-2-3-4-5-6(7)8/h2-4,6-8H,1,5H2. The predicted octanol–water partition coefficient (Wildman–Crippen LogP) is 0.429. The monoisotopic (exact) mass is 114 g/mol. The predicted molar refractivity (Wildman–Crippen MR) is 32.2 cm³/mol. The van der Waals surface area contributed by atoms with E-state index in [2.05, 4.69) is 6.58 Å². The van der Waals surface area contributed by atoms with Gasteiger partial charge in [-0.2, -0.15) is 0 Å². The highest BCUT2D eigenvalue weighted by molar-refractivity contribution is 4.96. The van der Waals surface area contributed by atoms with Crippen molar-refractivity contribution in [3.63, 3.8) is 0 Å². The summed E-state index contributed by atoms with van der Waals surface area (Å²) in [6, 6.07) is 0.